The van der Waals surface area contributed by atoms with Crippen molar-refractivity contribution in [3.8, 4) is 6.07 Å². The van der Waals surface area contributed by atoms with Gasteiger partial charge in [0.2, 0.25) is 0 Å². The Hall–Kier alpha value is -0.740. The van der Waals surface area contributed by atoms with Crippen LogP contribution < -0.4 is 0 Å². The molecule has 0 bridgehead atoms. The van der Waals surface area contributed by atoms with Gasteiger partial charge in [-0.05, 0) is 41.6 Å². The molecule has 78 valence electrons. The van der Waals surface area contributed by atoms with Gasteiger partial charge in [0.05, 0.1) is 17.7 Å². The number of halogens is 1. The van der Waals surface area contributed by atoms with Crippen molar-refractivity contribution in [2.24, 2.45) is 0 Å². The zero-order valence-corrected chi connectivity index (χ0v) is 11.0. The van der Waals surface area contributed by atoms with E-state index in [2.05, 4.69) is 35.2 Å². The molecule has 0 radical (unpaired) electrons. The minimum Gasteiger partial charge on any atom is -0.462 e. The summed E-state index contributed by atoms with van der Waals surface area (Å²) in [6.07, 6.45) is 0. The second-order valence-electron chi connectivity index (χ2n) is 2.68. The first-order valence-electron chi connectivity index (χ1n) is 4.19. The van der Waals surface area contributed by atoms with Gasteiger partial charge in [-0.1, -0.05) is 0 Å². The number of benzene rings is 1. The number of thiol groups is 1. The van der Waals surface area contributed by atoms with Crippen LogP contribution in [0.25, 0.3) is 0 Å². The summed E-state index contributed by atoms with van der Waals surface area (Å²) in [5, 5.41) is 8.90. The predicted octanol–water partition coefficient (Wildman–Crippen LogP) is 2.63. The summed E-state index contributed by atoms with van der Waals surface area (Å²) in [5.74, 6) is -0.483. The summed E-state index contributed by atoms with van der Waals surface area (Å²) in [4.78, 5) is 12.0. The van der Waals surface area contributed by atoms with Crippen molar-refractivity contribution in [3.63, 3.8) is 0 Å². The minimum absolute atomic E-state index is 0.261. The predicted molar refractivity (Wildman–Crippen MR) is 67.1 cm³/mol. The van der Waals surface area contributed by atoms with Gasteiger partial charge in [-0.2, -0.15) is 5.26 Å². The molecule has 0 aliphatic carbocycles. The van der Waals surface area contributed by atoms with Crippen LogP contribution >= 0.6 is 35.2 Å². The maximum absolute atomic E-state index is 11.5. The Labute approximate surface area is 107 Å². The summed E-state index contributed by atoms with van der Waals surface area (Å²) in [6.45, 7) is 2.01. The van der Waals surface area contributed by atoms with Crippen molar-refractivity contribution in [1.29, 1.82) is 5.26 Å². The van der Waals surface area contributed by atoms with E-state index in [1.165, 1.54) is 0 Å². The van der Waals surface area contributed by atoms with E-state index in [0.29, 0.717) is 4.90 Å². The number of rotatable bonds is 2. The smallest absolute Gasteiger partial charge is 0.339 e. The number of hydrogen-bond donors (Lipinski definition) is 1. The summed E-state index contributed by atoms with van der Waals surface area (Å²) in [5.41, 5.74) is 0.536. The molecule has 0 spiro atoms. The molecule has 1 aromatic rings. The second kappa shape index (κ2) is 5.37. The molecule has 0 N–H and O–H groups in total. The Kier molecular flexibility index (Phi) is 4.42. The zero-order chi connectivity index (χ0) is 11.4. The lowest BCUT2D eigenvalue weighted by atomic mass is 10.1. The molecule has 1 aromatic carbocycles. The molecule has 5 heteroatoms. The number of ether oxygens (including phenoxy) is 1. The maximum atomic E-state index is 11.5. The third kappa shape index (κ3) is 2.86. The quantitative estimate of drug-likeness (QED) is 0.514. The van der Waals surface area contributed by atoms with Gasteiger partial charge in [0.1, 0.15) is 6.07 Å². The van der Waals surface area contributed by atoms with Crippen LogP contribution in [0.2, 0.25) is 0 Å². The van der Waals surface area contributed by atoms with Gasteiger partial charge in [0, 0.05) is 8.47 Å². The highest BCUT2D eigenvalue weighted by Gasteiger charge is 2.15. The molecule has 0 fully saturated rings. The van der Waals surface area contributed by atoms with Crippen LogP contribution in [-0.4, -0.2) is 12.6 Å². The molecule has 0 aliphatic rings. The number of nitriles is 1. The van der Waals surface area contributed by atoms with Gasteiger partial charge in [0.25, 0.3) is 0 Å². The molecular formula is C10H8INO2S. The Morgan fingerprint density at radius 2 is 2.33 bits per heavy atom. The number of carbonyl (C=O) groups excluding carboxylic acids is 1. The Morgan fingerprint density at radius 1 is 1.67 bits per heavy atom. The monoisotopic (exact) mass is 333 g/mol. The molecule has 1 rings (SSSR count). The zero-order valence-electron chi connectivity index (χ0n) is 7.95. The highest BCUT2D eigenvalue weighted by atomic mass is 127. The lowest BCUT2D eigenvalue weighted by Crippen LogP contribution is -2.08. The maximum Gasteiger partial charge on any atom is 0.339 e. The lowest BCUT2D eigenvalue weighted by molar-refractivity contribution is 0.0525. The fourth-order valence-corrected chi connectivity index (χ4v) is 2.26. The van der Waals surface area contributed by atoms with E-state index in [0.717, 1.165) is 3.57 Å². The molecule has 0 atom stereocenters. The van der Waals surface area contributed by atoms with Gasteiger partial charge in [-0.15, -0.1) is 12.6 Å². The van der Waals surface area contributed by atoms with Crippen LogP contribution in [0.3, 0.4) is 0 Å². The van der Waals surface area contributed by atoms with Crippen LogP contribution in [0.15, 0.2) is 17.0 Å². The first-order chi connectivity index (χ1) is 7.10. The molecular weight excluding hydrogens is 325 g/mol. The van der Waals surface area contributed by atoms with E-state index in [4.69, 9.17) is 10.00 Å². The van der Waals surface area contributed by atoms with E-state index < -0.39 is 5.97 Å². The lowest BCUT2D eigenvalue weighted by Gasteiger charge is -2.06. The van der Waals surface area contributed by atoms with Crippen LogP contribution in [0, 0.1) is 14.9 Å². The van der Waals surface area contributed by atoms with Crippen molar-refractivity contribution in [2.75, 3.05) is 6.61 Å². The van der Waals surface area contributed by atoms with Crippen molar-refractivity contribution in [3.05, 3.63) is 26.8 Å². The molecule has 0 heterocycles. The van der Waals surface area contributed by atoms with Crippen LogP contribution in [-0.2, 0) is 4.74 Å². The Morgan fingerprint density at radius 3 is 2.87 bits per heavy atom. The van der Waals surface area contributed by atoms with Gasteiger partial charge < -0.3 is 4.74 Å². The average Bonchev–Trinajstić information content (AvgIpc) is 2.17. The minimum atomic E-state index is -0.483. The van der Waals surface area contributed by atoms with Crippen molar-refractivity contribution in [2.45, 2.75) is 11.8 Å². The van der Waals surface area contributed by atoms with Gasteiger partial charge in [0.15, 0.2) is 0 Å². The second-order valence-corrected chi connectivity index (χ2v) is 4.41. The fourth-order valence-electron chi connectivity index (χ4n) is 1.08. The van der Waals surface area contributed by atoms with Gasteiger partial charge >= 0.3 is 5.97 Å². The number of hydrogen-bond acceptors (Lipinski definition) is 4. The summed E-state index contributed by atoms with van der Waals surface area (Å²) >= 11 is 6.20. The first-order valence-corrected chi connectivity index (χ1v) is 5.72. The Bertz CT molecular complexity index is 440. The normalized spacial score (nSPS) is 9.47. The Balaban J connectivity index is 3.28. The van der Waals surface area contributed by atoms with Crippen molar-refractivity contribution in [1.82, 2.24) is 0 Å². The highest BCUT2D eigenvalue weighted by Crippen LogP contribution is 2.22. The molecule has 0 aromatic heterocycles. The average molecular weight is 333 g/mol. The van der Waals surface area contributed by atoms with E-state index in [1.54, 1.807) is 19.1 Å². The van der Waals surface area contributed by atoms with E-state index in [1.807, 2.05) is 6.07 Å². The molecule has 3 nitrogen and oxygen atoms in total. The van der Waals surface area contributed by atoms with Gasteiger partial charge in [-0.3, -0.25) is 0 Å². The van der Waals surface area contributed by atoms with E-state index in [-0.39, 0.29) is 17.7 Å². The van der Waals surface area contributed by atoms with Crippen molar-refractivity contribution < 1.29 is 9.53 Å². The third-order valence-corrected chi connectivity index (χ3v) is 2.66. The molecule has 0 amide bonds. The van der Waals surface area contributed by atoms with Crippen LogP contribution in [0.1, 0.15) is 22.8 Å². The van der Waals surface area contributed by atoms with Crippen LogP contribution in [0.4, 0.5) is 0 Å². The largest absolute Gasteiger partial charge is 0.462 e. The SMILES string of the molecule is CCOC(=O)c1cc(I)cc(S)c1C#N. The highest BCUT2D eigenvalue weighted by molar-refractivity contribution is 14.1. The number of nitrogens with zero attached hydrogens (tertiary/aromatic N) is 1. The van der Waals surface area contributed by atoms with Crippen molar-refractivity contribution >= 4 is 41.2 Å². The standard InChI is InChI=1S/C10H8INO2S/c1-2-14-10(13)7-3-6(11)4-9(15)8(7)5-12/h3-4,15H,2H2,1H3. The topological polar surface area (TPSA) is 50.1 Å². The number of esters is 1. The molecule has 0 saturated carbocycles. The molecule has 0 unspecified atom stereocenters. The molecule has 0 aliphatic heterocycles. The van der Waals surface area contributed by atoms with Crippen LogP contribution in [0.5, 0.6) is 0 Å². The number of carbonyl (C=O) groups is 1. The third-order valence-electron chi connectivity index (χ3n) is 1.69. The molecule has 0 saturated heterocycles. The molecule has 15 heavy (non-hydrogen) atoms. The summed E-state index contributed by atoms with van der Waals surface area (Å²) < 4.78 is 5.70. The van der Waals surface area contributed by atoms with E-state index >= 15 is 0 Å². The first kappa shape index (κ1) is 12.3. The van der Waals surface area contributed by atoms with Gasteiger partial charge in [-0.25, -0.2) is 4.79 Å². The summed E-state index contributed by atoms with van der Waals surface area (Å²) in [7, 11) is 0. The summed E-state index contributed by atoms with van der Waals surface area (Å²) in [6, 6.07) is 5.30. The van der Waals surface area contributed by atoms with E-state index in [9.17, 15) is 4.79 Å². The fraction of sp³-hybridized carbons (Fsp3) is 0.200.